The fourth-order valence-corrected chi connectivity index (χ4v) is 1.76. The van der Waals surface area contributed by atoms with Crippen LogP contribution in [0.1, 0.15) is 0 Å². The summed E-state index contributed by atoms with van der Waals surface area (Å²) in [6.45, 7) is 0. The molecule has 0 aliphatic heterocycles. The standard InChI is InChI=1S/C12H12N4O2S/c1-15(2)12(18)16-10(17)9(13-14-11(16)19)8-6-4-3-5-7-8/h3-7H,1-2H3,(H,14,19). The van der Waals surface area contributed by atoms with Crippen molar-refractivity contribution >= 4 is 18.2 Å². The van der Waals surface area contributed by atoms with E-state index in [-0.39, 0.29) is 10.5 Å². The molecule has 0 atom stereocenters. The van der Waals surface area contributed by atoms with Crippen molar-refractivity contribution in [1.82, 2.24) is 19.7 Å². The molecule has 0 aliphatic rings. The number of aromatic amines is 1. The van der Waals surface area contributed by atoms with E-state index in [4.69, 9.17) is 12.2 Å². The lowest BCUT2D eigenvalue weighted by Crippen LogP contribution is -2.37. The van der Waals surface area contributed by atoms with Crippen molar-refractivity contribution in [2.45, 2.75) is 0 Å². The van der Waals surface area contributed by atoms with Crippen LogP contribution in [0, 0.1) is 4.77 Å². The molecule has 1 N–H and O–H groups in total. The van der Waals surface area contributed by atoms with E-state index in [1.54, 1.807) is 38.4 Å². The third-order valence-electron chi connectivity index (χ3n) is 2.49. The predicted molar refractivity (Wildman–Crippen MR) is 73.6 cm³/mol. The zero-order valence-corrected chi connectivity index (χ0v) is 11.3. The second-order valence-corrected chi connectivity index (χ2v) is 4.45. The molecule has 7 heteroatoms. The van der Waals surface area contributed by atoms with Crippen molar-refractivity contribution < 1.29 is 4.79 Å². The number of aromatic nitrogens is 3. The lowest BCUT2D eigenvalue weighted by Gasteiger charge is -2.12. The monoisotopic (exact) mass is 276 g/mol. The van der Waals surface area contributed by atoms with Crippen LogP contribution in [0.25, 0.3) is 11.3 Å². The minimum Gasteiger partial charge on any atom is -0.330 e. The van der Waals surface area contributed by atoms with E-state index in [1.807, 2.05) is 6.07 Å². The Labute approximate surface area is 114 Å². The van der Waals surface area contributed by atoms with Crippen molar-refractivity contribution in [2.75, 3.05) is 14.1 Å². The van der Waals surface area contributed by atoms with Crippen LogP contribution in [0.4, 0.5) is 4.79 Å². The number of hydrogen-bond donors (Lipinski definition) is 1. The molecular weight excluding hydrogens is 264 g/mol. The van der Waals surface area contributed by atoms with Crippen molar-refractivity contribution in [1.29, 1.82) is 0 Å². The van der Waals surface area contributed by atoms with Gasteiger partial charge >= 0.3 is 6.03 Å². The van der Waals surface area contributed by atoms with Crippen LogP contribution >= 0.6 is 12.2 Å². The van der Waals surface area contributed by atoms with Gasteiger partial charge in [-0.15, -0.1) is 0 Å². The molecule has 6 nitrogen and oxygen atoms in total. The zero-order chi connectivity index (χ0) is 14.0. The summed E-state index contributed by atoms with van der Waals surface area (Å²) in [6, 6.07) is 8.38. The van der Waals surface area contributed by atoms with Gasteiger partial charge in [-0.1, -0.05) is 30.3 Å². The summed E-state index contributed by atoms with van der Waals surface area (Å²) in [5.41, 5.74) is 0.247. The Morgan fingerprint density at radius 3 is 2.53 bits per heavy atom. The molecule has 0 fully saturated rings. The molecule has 98 valence electrons. The lowest BCUT2D eigenvalue weighted by atomic mass is 10.2. The number of carbonyl (C=O) groups is 1. The summed E-state index contributed by atoms with van der Waals surface area (Å²) in [4.78, 5) is 25.5. The minimum atomic E-state index is -0.534. The van der Waals surface area contributed by atoms with Crippen LogP contribution < -0.4 is 5.56 Å². The molecular formula is C12H12N4O2S. The van der Waals surface area contributed by atoms with Gasteiger partial charge in [0.05, 0.1) is 0 Å². The topological polar surface area (TPSA) is 71.0 Å². The fourth-order valence-electron chi connectivity index (χ4n) is 1.56. The second-order valence-electron chi connectivity index (χ2n) is 4.06. The maximum absolute atomic E-state index is 12.3. The third kappa shape index (κ3) is 2.45. The molecule has 0 unspecified atom stereocenters. The molecule has 1 amide bonds. The van der Waals surface area contributed by atoms with Gasteiger partial charge in [0.15, 0.2) is 5.69 Å². The van der Waals surface area contributed by atoms with E-state index in [9.17, 15) is 9.59 Å². The molecule has 1 aromatic carbocycles. The van der Waals surface area contributed by atoms with Crippen LogP contribution in [0.2, 0.25) is 0 Å². The number of H-pyrrole nitrogens is 1. The van der Waals surface area contributed by atoms with E-state index >= 15 is 0 Å². The molecule has 2 aromatic rings. The first kappa shape index (κ1) is 13.2. The van der Waals surface area contributed by atoms with Crippen molar-refractivity contribution in [2.24, 2.45) is 0 Å². The van der Waals surface area contributed by atoms with Gasteiger partial charge in [-0.05, 0) is 12.2 Å². The summed E-state index contributed by atoms with van der Waals surface area (Å²) < 4.78 is 0.869. The number of amides is 1. The number of hydrogen-bond acceptors (Lipinski definition) is 4. The highest BCUT2D eigenvalue weighted by atomic mass is 32.1. The van der Waals surface area contributed by atoms with E-state index in [0.717, 1.165) is 4.57 Å². The fraction of sp³-hybridized carbons (Fsp3) is 0.167. The Balaban J connectivity index is 2.69. The van der Waals surface area contributed by atoms with Gasteiger partial charge in [-0.3, -0.25) is 9.89 Å². The Hall–Kier alpha value is -2.28. The second kappa shape index (κ2) is 5.15. The summed E-state index contributed by atoms with van der Waals surface area (Å²) in [6.07, 6.45) is 0. The SMILES string of the molecule is CN(C)C(=O)n1c(=S)[nH]nc(-c2ccccc2)c1=O. The minimum absolute atomic E-state index is 0.0246. The molecule has 0 aliphatic carbocycles. The maximum atomic E-state index is 12.3. The van der Waals surface area contributed by atoms with Gasteiger partial charge < -0.3 is 4.90 Å². The summed E-state index contributed by atoms with van der Waals surface area (Å²) >= 11 is 4.94. The Morgan fingerprint density at radius 1 is 1.32 bits per heavy atom. The Bertz CT molecular complexity index is 718. The van der Waals surface area contributed by atoms with Gasteiger partial charge in [-0.2, -0.15) is 9.67 Å². The van der Waals surface area contributed by atoms with Gasteiger partial charge in [0, 0.05) is 19.7 Å². The predicted octanol–water partition coefficient (Wildman–Crippen LogP) is 1.50. The molecule has 1 heterocycles. The quantitative estimate of drug-likeness (QED) is 0.801. The number of nitrogens with one attached hydrogen (secondary N) is 1. The van der Waals surface area contributed by atoms with E-state index in [2.05, 4.69) is 10.2 Å². The molecule has 0 saturated carbocycles. The van der Waals surface area contributed by atoms with Crippen LogP contribution in [0.5, 0.6) is 0 Å². The van der Waals surface area contributed by atoms with E-state index < -0.39 is 11.6 Å². The first-order valence-electron chi connectivity index (χ1n) is 5.51. The first-order valence-corrected chi connectivity index (χ1v) is 5.92. The van der Waals surface area contributed by atoms with Gasteiger partial charge in [-0.25, -0.2) is 4.79 Å². The average molecular weight is 276 g/mol. The van der Waals surface area contributed by atoms with Crippen LogP contribution in [0.15, 0.2) is 35.1 Å². The number of benzene rings is 1. The first-order chi connectivity index (χ1) is 9.02. The maximum Gasteiger partial charge on any atom is 0.333 e. The Morgan fingerprint density at radius 2 is 1.95 bits per heavy atom. The molecule has 0 bridgehead atoms. The molecule has 0 spiro atoms. The summed E-state index contributed by atoms with van der Waals surface area (Å²) in [5, 5.41) is 6.44. The zero-order valence-electron chi connectivity index (χ0n) is 10.5. The highest BCUT2D eigenvalue weighted by Crippen LogP contribution is 2.10. The van der Waals surface area contributed by atoms with Gasteiger partial charge in [0.2, 0.25) is 4.77 Å². The van der Waals surface area contributed by atoms with Crippen molar-refractivity contribution in [3.05, 3.63) is 45.5 Å². The Kier molecular flexibility index (Phi) is 3.57. The molecule has 19 heavy (non-hydrogen) atoms. The van der Waals surface area contributed by atoms with Crippen molar-refractivity contribution in [3.8, 4) is 11.3 Å². The highest BCUT2D eigenvalue weighted by molar-refractivity contribution is 7.71. The lowest BCUT2D eigenvalue weighted by molar-refractivity contribution is 0.217. The largest absolute Gasteiger partial charge is 0.333 e. The highest BCUT2D eigenvalue weighted by Gasteiger charge is 2.16. The number of nitrogens with zero attached hydrogens (tertiary/aromatic N) is 3. The third-order valence-corrected chi connectivity index (χ3v) is 2.77. The molecule has 2 rings (SSSR count). The number of carbonyl (C=O) groups excluding carboxylic acids is 1. The van der Waals surface area contributed by atoms with Crippen LogP contribution in [-0.2, 0) is 0 Å². The summed E-state index contributed by atoms with van der Waals surface area (Å²) in [7, 11) is 3.10. The van der Waals surface area contributed by atoms with Crippen molar-refractivity contribution in [3.63, 3.8) is 0 Å². The normalized spacial score (nSPS) is 10.2. The van der Waals surface area contributed by atoms with Gasteiger partial charge in [0.25, 0.3) is 5.56 Å². The molecule has 0 saturated heterocycles. The summed E-state index contributed by atoms with van der Waals surface area (Å²) in [5.74, 6) is 0. The number of rotatable bonds is 1. The van der Waals surface area contributed by atoms with Crippen LogP contribution in [0.3, 0.4) is 0 Å². The average Bonchev–Trinajstić information content (AvgIpc) is 2.39. The molecule has 0 radical (unpaired) electrons. The smallest absolute Gasteiger partial charge is 0.330 e. The van der Waals surface area contributed by atoms with E-state index in [1.165, 1.54) is 4.90 Å². The van der Waals surface area contributed by atoms with E-state index in [0.29, 0.717) is 5.56 Å². The van der Waals surface area contributed by atoms with Gasteiger partial charge in [0.1, 0.15) is 0 Å². The van der Waals surface area contributed by atoms with Crippen LogP contribution in [-0.4, -0.2) is 39.8 Å². The molecule has 1 aromatic heterocycles.